The van der Waals surface area contributed by atoms with Crippen LogP contribution in [0, 0.1) is 19.8 Å². The molecule has 3 aliphatic rings. The number of nitrogens with zero attached hydrogens (tertiary/aromatic N) is 2. The minimum atomic E-state index is -0.236. The second-order valence-corrected chi connectivity index (χ2v) is 13.5. The molecule has 6 rings (SSSR count). The third-order valence-corrected chi connectivity index (χ3v) is 10.5. The van der Waals surface area contributed by atoms with Crippen molar-refractivity contribution in [1.29, 1.82) is 0 Å². The van der Waals surface area contributed by atoms with Gasteiger partial charge in [-0.2, -0.15) is 0 Å². The van der Waals surface area contributed by atoms with Gasteiger partial charge in [-0.3, -0.25) is 14.5 Å². The molecule has 1 saturated carbocycles. The monoisotopic (exact) mass is 645 g/mol. The third kappa shape index (κ3) is 7.31. The molecule has 2 aromatic carbocycles. The molecule has 3 heterocycles. The molecular weight excluding hydrogens is 598 g/mol. The van der Waals surface area contributed by atoms with Crippen LogP contribution in [-0.2, 0) is 30.2 Å². The van der Waals surface area contributed by atoms with Crippen molar-refractivity contribution in [1.82, 2.24) is 9.80 Å². The van der Waals surface area contributed by atoms with E-state index in [9.17, 15) is 14.4 Å². The molecule has 3 fully saturated rings. The number of nitrogens with one attached hydrogen (secondary N) is 1. The third-order valence-electron chi connectivity index (χ3n) is 10.5. The minimum absolute atomic E-state index is 0.00400. The van der Waals surface area contributed by atoms with Gasteiger partial charge >= 0.3 is 0 Å². The first-order valence-corrected chi connectivity index (χ1v) is 16.8. The number of amides is 2. The van der Waals surface area contributed by atoms with Gasteiger partial charge in [0.2, 0.25) is 5.91 Å². The number of benzene rings is 2. The number of hydrogen-bond donors (Lipinski definition) is 1. The van der Waals surface area contributed by atoms with E-state index in [-0.39, 0.29) is 54.5 Å². The number of hydrogen-bond acceptors (Lipinski definition) is 8. The lowest BCUT2D eigenvalue weighted by Gasteiger charge is -2.29. The van der Waals surface area contributed by atoms with Gasteiger partial charge in [0.15, 0.2) is 0 Å². The standard InChI is InChI=1S/C37H47N3O7/c1-23-14-32(38-37(43)31-22-47-33-8-6-5-7-30(31)33)24(2)13-26(23)15-36(42)40-17-27(39-18-34(44-3)35(19-39)45-4)16-28(40)21-46-29-11-9-25(20-41)10-12-29/h5-8,13-14,20,22,25,27-29,34-35H,9-12,15-19,21H2,1-4H3,(H,38,43)/t25-,27-,28-,29-,34-,35?/m0/s1. The Kier molecular flexibility index (Phi) is 10.4. The van der Waals surface area contributed by atoms with Gasteiger partial charge < -0.3 is 33.6 Å². The number of aryl methyl sites for hydroxylation is 2. The van der Waals surface area contributed by atoms with E-state index in [4.69, 9.17) is 18.6 Å². The second kappa shape index (κ2) is 14.7. The highest BCUT2D eigenvalue weighted by atomic mass is 16.5. The molecule has 2 saturated heterocycles. The molecule has 10 heteroatoms. The summed E-state index contributed by atoms with van der Waals surface area (Å²) in [6.07, 6.45) is 7.26. The number of likely N-dealkylation sites (tertiary alicyclic amines) is 2. The quantitative estimate of drug-likeness (QED) is 0.292. The van der Waals surface area contributed by atoms with Crippen LogP contribution in [-0.4, -0.2) is 98.8 Å². The van der Waals surface area contributed by atoms with E-state index < -0.39 is 0 Å². The highest BCUT2D eigenvalue weighted by Crippen LogP contribution is 2.31. The van der Waals surface area contributed by atoms with Crippen molar-refractivity contribution in [2.45, 2.75) is 82.8 Å². The largest absolute Gasteiger partial charge is 0.463 e. The van der Waals surface area contributed by atoms with Gasteiger partial charge in [0.05, 0.1) is 42.9 Å². The van der Waals surface area contributed by atoms with E-state index in [1.54, 1.807) is 14.2 Å². The molecule has 1 N–H and O–H groups in total. The Hall–Kier alpha value is -3.57. The number of furan rings is 1. The molecular formula is C37H47N3O7. The molecule has 1 aliphatic carbocycles. The maximum atomic E-state index is 14.0. The fourth-order valence-electron chi connectivity index (χ4n) is 7.59. The Balaban J connectivity index is 1.14. The molecule has 0 spiro atoms. The van der Waals surface area contributed by atoms with E-state index in [0.29, 0.717) is 30.0 Å². The van der Waals surface area contributed by atoms with Gasteiger partial charge in [-0.15, -0.1) is 0 Å². The van der Waals surface area contributed by atoms with Crippen molar-refractivity contribution in [3.8, 4) is 0 Å². The fourth-order valence-corrected chi connectivity index (χ4v) is 7.59. The summed E-state index contributed by atoms with van der Waals surface area (Å²) in [5.41, 5.74) is 4.63. The number of anilines is 1. The van der Waals surface area contributed by atoms with E-state index in [2.05, 4.69) is 10.2 Å². The van der Waals surface area contributed by atoms with Gasteiger partial charge in [-0.05, 0) is 74.8 Å². The summed E-state index contributed by atoms with van der Waals surface area (Å²) in [4.78, 5) is 42.9. The van der Waals surface area contributed by atoms with Gasteiger partial charge in [-0.25, -0.2) is 0 Å². The van der Waals surface area contributed by atoms with Crippen molar-refractivity contribution in [2.75, 3.05) is 45.8 Å². The summed E-state index contributed by atoms with van der Waals surface area (Å²) in [7, 11) is 3.45. The molecule has 4 atom stereocenters. The molecule has 252 valence electrons. The zero-order chi connectivity index (χ0) is 33.1. The van der Waals surface area contributed by atoms with Gasteiger partial charge in [-0.1, -0.05) is 24.3 Å². The lowest BCUT2D eigenvalue weighted by Crippen LogP contribution is -2.41. The minimum Gasteiger partial charge on any atom is -0.463 e. The molecule has 10 nitrogen and oxygen atoms in total. The Morgan fingerprint density at radius 2 is 1.70 bits per heavy atom. The van der Waals surface area contributed by atoms with E-state index in [1.165, 1.54) is 6.26 Å². The van der Waals surface area contributed by atoms with Crippen molar-refractivity contribution in [3.63, 3.8) is 0 Å². The predicted molar refractivity (Wildman–Crippen MR) is 179 cm³/mol. The molecule has 2 aliphatic heterocycles. The maximum absolute atomic E-state index is 14.0. The molecule has 47 heavy (non-hydrogen) atoms. The van der Waals surface area contributed by atoms with E-state index in [1.807, 2.05) is 55.1 Å². The van der Waals surface area contributed by atoms with Crippen LogP contribution >= 0.6 is 0 Å². The normalized spacial score (nSPS) is 26.6. The number of rotatable bonds is 11. The number of carbonyl (C=O) groups excluding carboxylic acids is 3. The Morgan fingerprint density at radius 1 is 0.979 bits per heavy atom. The van der Waals surface area contributed by atoms with Crippen molar-refractivity contribution >= 4 is 34.8 Å². The highest BCUT2D eigenvalue weighted by Gasteiger charge is 2.43. The fraction of sp³-hybridized carbons (Fsp3) is 0.541. The molecule has 3 aromatic rings. The average molecular weight is 646 g/mol. The zero-order valence-electron chi connectivity index (χ0n) is 27.9. The lowest BCUT2D eigenvalue weighted by atomic mass is 9.88. The van der Waals surface area contributed by atoms with Crippen LogP contribution < -0.4 is 5.32 Å². The molecule has 0 bridgehead atoms. The second-order valence-electron chi connectivity index (χ2n) is 13.5. The summed E-state index contributed by atoms with van der Waals surface area (Å²) in [5.74, 6) is -0.0285. The number of fused-ring (bicyclic) bond motifs is 1. The van der Waals surface area contributed by atoms with Crippen LogP contribution in [0.15, 0.2) is 47.1 Å². The van der Waals surface area contributed by atoms with Crippen LogP contribution in [0.1, 0.15) is 59.2 Å². The number of para-hydroxylation sites is 1. The Bertz CT molecular complexity index is 1570. The predicted octanol–water partition coefficient (Wildman–Crippen LogP) is 4.93. The van der Waals surface area contributed by atoms with Crippen LogP contribution in [0.4, 0.5) is 5.69 Å². The Morgan fingerprint density at radius 3 is 2.40 bits per heavy atom. The smallest absolute Gasteiger partial charge is 0.259 e. The highest BCUT2D eigenvalue weighted by molar-refractivity contribution is 6.12. The average Bonchev–Trinajstić information content (AvgIpc) is 3.83. The number of ether oxygens (including phenoxy) is 3. The number of aldehydes is 1. The number of methoxy groups -OCH3 is 2. The topological polar surface area (TPSA) is 111 Å². The first kappa shape index (κ1) is 33.3. The van der Waals surface area contributed by atoms with Crippen molar-refractivity contribution < 1.29 is 33.0 Å². The van der Waals surface area contributed by atoms with Crippen LogP contribution in [0.25, 0.3) is 11.0 Å². The molecule has 2 amide bonds. The SMILES string of the molecule is COC1CN([C@H]2C[C@@H](CO[C@H]3CC[C@H](C=O)CC3)N(C(=O)Cc3cc(C)c(NC(=O)c4coc5ccccc45)cc3C)C2)C[C@@H]1OC. The van der Waals surface area contributed by atoms with Crippen LogP contribution in [0.2, 0.25) is 0 Å². The van der Waals surface area contributed by atoms with Gasteiger partial charge in [0.25, 0.3) is 5.91 Å². The van der Waals surface area contributed by atoms with Crippen molar-refractivity contribution in [3.05, 3.63) is 64.9 Å². The molecule has 0 radical (unpaired) electrons. The lowest BCUT2D eigenvalue weighted by molar-refractivity contribution is -0.133. The molecule has 1 unspecified atom stereocenters. The van der Waals surface area contributed by atoms with E-state index >= 15 is 0 Å². The molecule has 1 aromatic heterocycles. The van der Waals surface area contributed by atoms with Gasteiger partial charge in [0, 0.05) is 56.9 Å². The summed E-state index contributed by atoms with van der Waals surface area (Å²) in [6, 6.07) is 11.6. The zero-order valence-corrected chi connectivity index (χ0v) is 27.9. The van der Waals surface area contributed by atoms with Crippen LogP contribution in [0.5, 0.6) is 0 Å². The van der Waals surface area contributed by atoms with Crippen molar-refractivity contribution in [2.24, 2.45) is 5.92 Å². The summed E-state index contributed by atoms with van der Waals surface area (Å²) in [6.45, 7) is 6.58. The van der Waals surface area contributed by atoms with Crippen LogP contribution in [0.3, 0.4) is 0 Å². The van der Waals surface area contributed by atoms with Gasteiger partial charge in [0.1, 0.15) is 18.1 Å². The summed E-state index contributed by atoms with van der Waals surface area (Å²) < 4.78 is 23.4. The first-order chi connectivity index (χ1) is 22.8. The summed E-state index contributed by atoms with van der Waals surface area (Å²) in [5, 5.41) is 3.81. The van der Waals surface area contributed by atoms with E-state index in [0.717, 1.165) is 73.6 Å². The first-order valence-electron chi connectivity index (χ1n) is 16.8. The maximum Gasteiger partial charge on any atom is 0.259 e. The number of carbonyl (C=O) groups is 3. The Labute approximate surface area is 276 Å². The summed E-state index contributed by atoms with van der Waals surface area (Å²) >= 11 is 0.